The molecule has 3 aliphatic heterocycles. The van der Waals surface area contributed by atoms with Crippen molar-refractivity contribution in [2.24, 2.45) is 0 Å². The molecule has 3 aliphatic rings. The quantitative estimate of drug-likeness (QED) is 0.0199. The fraction of sp³-hybridized carbons (Fsp3) is 0.968. The SMILES string of the molecule is CCCCCCCCCC/C=C\CCCCCCCCCCCCCCCCCCCCCCCCCCCC(=O)NC(COC1OC(CO)C(OC2OC(CO)C(OC3OC(CO)C(O)C(O)C3O)C(O)C2O)C(O)C1O)C(O)CCCCCCCCCCCCCCCCCCCCCCCCCCCCCCCCCC. The lowest BCUT2D eigenvalue weighted by Gasteiger charge is -2.48. The molecule has 19 nitrogen and oxygen atoms in total. The number of amides is 1. The molecule has 3 fully saturated rings. The number of unbranched alkanes of at least 4 members (excludes halogenated alkanes) is 64. The summed E-state index contributed by atoms with van der Waals surface area (Å²) in [5.41, 5.74) is 0. The number of carbonyl (C=O) groups excluding carboxylic acids is 1. The number of allylic oxidation sites excluding steroid dienone is 2. The third-order valence-electron chi connectivity index (χ3n) is 24.8. The Morgan fingerprint density at radius 1 is 0.307 bits per heavy atom. The normalized spacial score (nSPS) is 24.7. The zero-order valence-electron chi connectivity index (χ0n) is 73.4. The van der Waals surface area contributed by atoms with E-state index >= 15 is 0 Å². The lowest BCUT2D eigenvalue weighted by Crippen LogP contribution is -2.66. The first-order chi connectivity index (χ1) is 55.8. The highest BCUT2D eigenvalue weighted by Crippen LogP contribution is 2.34. The maximum Gasteiger partial charge on any atom is 0.220 e. The summed E-state index contributed by atoms with van der Waals surface area (Å²) >= 11 is 0. The van der Waals surface area contributed by atoms with Crippen LogP contribution in [0.4, 0.5) is 0 Å². The van der Waals surface area contributed by atoms with Gasteiger partial charge in [-0.15, -0.1) is 0 Å². The summed E-state index contributed by atoms with van der Waals surface area (Å²) in [6.07, 6.45) is 67.8. The van der Waals surface area contributed by atoms with Crippen LogP contribution in [0.5, 0.6) is 0 Å². The number of rotatable bonds is 82. The molecule has 0 aromatic carbocycles. The Balaban J connectivity index is 1.28. The van der Waals surface area contributed by atoms with Crippen LogP contribution in [0.3, 0.4) is 0 Å². The number of ether oxygens (including phenoxy) is 6. The minimum absolute atomic E-state index is 0.231. The molecule has 0 saturated carbocycles. The van der Waals surface area contributed by atoms with Gasteiger partial charge in [0.15, 0.2) is 18.9 Å². The first-order valence-corrected chi connectivity index (χ1v) is 48.9. The van der Waals surface area contributed by atoms with E-state index in [4.69, 9.17) is 28.4 Å². The molecule has 114 heavy (non-hydrogen) atoms. The fourth-order valence-corrected chi connectivity index (χ4v) is 17.1. The summed E-state index contributed by atoms with van der Waals surface area (Å²) in [4.78, 5) is 13.6. The molecule has 17 unspecified atom stereocenters. The van der Waals surface area contributed by atoms with Crippen LogP contribution in [0.25, 0.3) is 0 Å². The van der Waals surface area contributed by atoms with E-state index in [0.29, 0.717) is 12.8 Å². The topological polar surface area (TPSA) is 307 Å². The predicted octanol–water partition coefficient (Wildman–Crippen LogP) is 19.8. The van der Waals surface area contributed by atoms with Gasteiger partial charge in [0.2, 0.25) is 5.91 Å². The molecule has 0 aromatic heterocycles. The van der Waals surface area contributed by atoms with Crippen molar-refractivity contribution in [3.05, 3.63) is 12.2 Å². The Bertz CT molecular complexity index is 2100. The van der Waals surface area contributed by atoms with Crippen molar-refractivity contribution in [1.82, 2.24) is 5.32 Å². The number of hydrogen-bond donors (Lipinski definition) is 12. The maximum absolute atomic E-state index is 13.6. The molecule has 19 heteroatoms. The highest BCUT2D eigenvalue weighted by molar-refractivity contribution is 5.76. The second-order valence-electron chi connectivity index (χ2n) is 35.2. The molecule has 0 radical (unpaired) electrons. The van der Waals surface area contributed by atoms with E-state index in [1.807, 2.05) is 0 Å². The molecule has 12 N–H and O–H groups in total. The zero-order chi connectivity index (χ0) is 82.4. The van der Waals surface area contributed by atoms with Crippen LogP contribution in [0.15, 0.2) is 12.2 Å². The van der Waals surface area contributed by atoms with Gasteiger partial charge >= 0.3 is 0 Å². The van der Waals surface area contributed by atoms with Gasteiger partial charge in [-0.3, -0.25) is 4.79 Å². The van der Waals surface area contributed by atoms with Crippen LogP contribution < -0.4 is 5.32 Å². The minimum Gasteiger partial charge on any atom is -0.394 e. The van der Waals surface area contributed by atoms with E-state index in [0.717, 1.165) is 44.9 Å². The van der Waals surface area contributed by atoms with Gasteiger partial charge in [-0.05, 0) is 38.5 Å². The van der Waals surface area contributed by atoms with Gasteiger partial charge in [0.25, 0.3) is 0 Å². The lowest BCUT2D eigenvalue weighted by molar-refractivity contribution is -0.379. The van der Waals surface area contributed by atoms with E-state index in [1.165, 1.54) is 379 Å². The highest BCUT2D eigenvalue weighted by Gasteiger charge is 2.54. The van der Waals surface area contributed by atoms with Gasteiger partial charge < -0.3 is 89.9 Å². The number of nitrogens with one attached hydrogen (secondary N) is 1. The van der Waals surface area contributed by atoms with E-state index in [-0.39, 0.29) is 18.9 Å². The second kappa shape index (κ2) is 75.3. The lowest BCUT2D eigenvalue weighted by atomic mass is 9.96. The zero-order valence-corrected chi connectivity index (χ0v) is 73.4. The van der Waals surface area contributed by atoms with Crippen molar-refractivity contribution < 1.29 is 89.4 Å². The molecule has 17 atom stereocenters. The second-order valence-corrected chi connectivity index (χ2v) is 35.2. The Hall–Kier alpha value is -1.47. The van der Waals surface area contributed by atoms with Crippen molar-refractivity contribution in [2.45, 2.75) is 561 Å². The summed E-state index contributed by atoms with van der Waals surface area (Å²) in [6.45, 7) is 1.89. The third kappa shape index (κ3) is 52.8. The van der Waals surface area contributed by atoms with Crippen molar-refractivity contribution in [3.8, 4) is 0 Å². The molecule has 0 aliphatic carbocycles. The van der Waals surface area contributed by atoms with Gasteiger partial charge in [-0.1, -0.05) is 424 Å². The van der Waals surface area contributed by atoms with Gasteiger partial charge in [0.1, 0.15) is 73.2 Å². The summed E-state index contributed by atoms with van der Waals surface area (Å²) < 4.78 is 34.7. The van der Waals surface area contributed by atoms with E-state index in [2.05, 4.69) is 31.3 Å². The van der Waals surface area contributed by atoms with E-state index < -0.39 is 124 Å². The fourth-order valence-electron chi connectivity index (χ4n) is 17.1. The standard InChI is InChI=1S/C95H183NO18/c1-3-5-7-9-11-13-15-17-19-21-23-25-27-29-31-33-35-37-38-39-40-41-43-45-47-49-51-53-55-57-59-61-63-65-67-69-71-73-83(101)96-78(79(100)72-70-68-66-64-62-60-58-56-54-52-50-48-46-44-42-36-34-32-30-28-26-24-22-20-18-16-14-12-10-8-6-4-2)77-109-93-89(107)86(104)91(81(75-98)111-93)114-95-90(108)87(105)92(82(76-99)112-95)113-94-88(106)85(103)84(102)80(74-97)110-94/h21,23,78-82,84-95,97-100,102-108H,3-20,22,24-77H2,1-2H3,(H,96,101)/b23-21-. The van der Waals surface area contributed by atoms with Crippen LogP contribution in [0.2, 0.25) is 0 Å². The minimum atomic E-state index is -1.97. The Morgan fingerprint density at radius 2 is 0.553 bits per heavy atom. The molecule has 3 heterocycles. The number of aliphatic hydroxyl groups is 11. The molecule has 0 aromatic rings. The van der Waals surface area contributed by atoms with Crippen LogP contribution in [-0.2, 0) is 33.2 Å². The predicted molar refractivity (Wildman–Crippen MR) is 462 cm³/mol. The molecular weight excluding hydrogens is 1440 g/mol. The maximum atomic E-state index is 13.6. The summed E-state index contributed by atoms with van der Waals surface area (Å²) in [5.74, 6) is -0.231. The van der Waals surface area contributed by atoms with Gasteiger partial charge in [0.05, 0.1) is 38.6 Å². The number of aliphatic hydroxyl groups excluding tert-OH is 11. The molecule has 0 bridgehead atoms. The van der Waals surface area contributed by atoms with Crippen molar-refractivity contribution in [2.75, 3.05) is 26.4 Å². The van der Waals surface area contributed by atoms with Crippen molar-refractivity contribution in [3.63, 3.8) is 0 Å². The largest absolute Gasteiger partial charge is 0.394 e. The van der Waals surface area contributed by atoms with Crippen LogP contribution in [0, 0.1) is 0 Å². The number of carbonyl (C=O) groups is 1. The van der Waals surface area contributed by atoms with Crippen molar-refractivity contribution >= 4 is 5.91 Å². The summed E-state index contributed by atoms with van der Waals surface area (Å²) in [6, 6.07) is -0.886. The molecular formula is C95H183NO18. The Labute approximate surface area is 696 Å². The summed E-state index contributed by atoms with van der Waals surface area (Å²) in [7, 11) is 0. The first kappa shape index (κ1) is 107. The molecule has 3 rings (SSSR count). The van der Waals surface area contributed by atoms with E-state index in [9.17, 15) is 61.0 Å². The van der Waals surface area contributed by atoms with Crippen molar-refractivity contribution in [1.29, 1.82) is 0 Å². The average Bonchev–Trinajstić information content (AvgIpc) is 0.777. The first-order valence-electron chi connectivity index (χ1n) is 48.9. The van der Waals surface area contributed by atoms with E-state index in [1.54, 1.807) is 0 Å². The average molecular weight is 1630 g/mol. The summed E-state index contributed by atoms with van der Waals surface area (Å²) in [5, 5.41) is 122. The third-order valence-corrected chi connectivity index (χ3v) is 24.8. The molecule has 1 amide bonds. The number of hydrogen-bond acceptors (Lipinski definition) is 18. The highest BCUT2D eigenvalue weighted by atomic mass is 16.8. The molecule has 0 spiro atoms. The van der Waals surface area contributed by atoms with Crippen LogP contribution in [0.1, 0.15) is 457 Å². The van der Waals surface area contributed by atoms with Crippen LogP contribution in [-0.4, -0.2) is 193 Å². The molecule has 3 saturated heterocycles. The van der Waals surface area contributed by atoms with Crippen LogP contribution >= 0.6 is 0 Å². The Morgan fingerprint density at radius 3 is 0.851 bits per heavy atom. The molecule has 676 valence electrons. The van der Waals surface area contributed by atoms with Gasteiger partial charge in [0, 0.05) is 6.42 Å². The monoisotopic (exact) mass is 1630 g/mol. The van der Waals surface area contributed by atoms with Gasteiger partial charge in [-0.25, -0.2) is 0 Å². The Kier molecular flexibility index (Phi) is 70.5. The van der Waals surface area contributed by atoms with Gasteiger partial charge in [-0.2, -0.15) is 0 Å². The smallest absolute Gasteiger partial charge is 0.220 e.